The molecular weight excluding hydrogens is 734 g/mol. The van der Waals surface area contributed by atoms with Crippen molar-refractivity contribution in [1.29, 1.82) is 0 Å². The van der Waals surface area contributed by atoms with Gasteiger partial charge in [0.15, 0.2) is 5.69 Å². The number of likely N-dealkylation sites (tertiary alicyclic amines) is 1. The number of aromatic nitrogens is 3. The first-order chi connectivity index (χ1) is 26.2. The normalized spacial score (nSPS) is 23.1. The highest BCUT2D eigenvalue weighted by molar-refractivity contribution is 7.91. The number of amides is 3. The lowest BCUT2D eigenvalue weighted by molar-refractivity contribution is -0.131. The number of benzene rings is 1. The average Bonchev–Trinajstić information content (AvgIpc) is 4.06. The van der Waals surface area contributed by atoms with Crippen molar-refractivity contribution in [2.45, 2.75) is 114 Å². The highest BCUT2D eigenvalue weighted by Gasteiger charge is 2.61. The van der Waals surface area contributed by atoms with Gasteiger partial charge in [-0.05, 0) is 78.0 Å². The van der Waals surface area contributed by atoms with Gasteiger partial charge in [0.05, 0.1) is 28.4 Å². The van der Waals surface area contributed by atoms with Crippen molar-refractivity contribution in [1.82, 2.24) is 35.4 Å². The van der Waals surface area contributed by atoms with Crippen LogP contribution in [0.25, 0.3) is 11.0 Å². The Kier molecular flexibility index (Phi) is 12.0. The molecule has 3 aromatic rings. The molecule has 3 amide bonds. The number of halogens is 1. The molecule has 296 valence electrons. The van der Waals surface area contributed by atoms with Gasteiger partial charge in [0.2, 0.25) is 21.8 Å². The fourth-order valence-electron chi connectivity index (χ4n) is 6.95. The molecule has 1 aromatic carbocycles. The quantitative estimate of drug-likeness (QED) is 0.0967. The van der Waals surface area contributed by atoms with E-state index in [9.17, 15) is 32.0 Å². The van der Waals surface area contributed by atoms with Gasteiger partial charge in [-0.3, -0.25) is 24.0 Å². The number of aldehydes is 1. The first kappa shape index (κ1) is 39.9. The Hall–Kier alpha value is -4.77. The van der Waals surface area contributed by atoms with E-state index < -0.39 is 68.5 Å². The summed E-state index contributed by atoms with van der Waals surface area (Å²) < 4.78 is 52.9. The molecule has 0 radical (unpaired) electrons. The fourth-order valence-corrected chi connectivity index (χ4v) is 8.31. The third kappa shape index (κ3) is 9.20. The van der Waals surface area contributed by atoms with Crippen LogP contribution >= 0.6 is 0 Å². The summed E-state index contributed by atoms with van der Waals surface area (Å²) >= 11 is 0. The van der Waals surface area contributed by atoms with Crippen LogP contribution in [0.1, 0.15) is 92.2 Å². The summed E-state index contributed by atoms with van der Waals surface area (Å²) in [6, 6.07) is 2.85. The van der Waals surface area contributed by atoms with Crippen molar-refractivity contribution in [3.8, 4) is 5.88 Å². The van der Waals surface area contributed by atoms with Gasteiger partial charge >= 0.3 is 0 Å². The van der Waals surface area contributed by atoms with Crippen molar-refractivity contribution in [2.75, 3.05) is 13.6 Å². The zero-order valence-electron chi connectivity index (χ0n) is 31.5. The van der Waals surface area contributed by atoms with Gasteiger partial charge in [0, 0.05) is 30.5 Å². The van der Waals surface area contributed by atoms with E-state index in [0.717, 1.165) is 12.8 Å². The standard InChI is InChI=1S/C38H48FN7O8S/c1-5-29-36(42-31-17-25(39)13-16-30(31)41-29)53-27-18-32(46(4)20-27)34(48)43-38(37(50)45-55(51,52)28-14-15-28)19-24(38)11-9-7-6-8-10-12-26(21-47)40-35(49)33-22(2)23(3)54-44-33/h9,11,13,16-17,21,24,26-28,32H,5-8,10,12,14-15,18-20H2,1-4H3,(H,40,49)(H,43,48)(H,45,50)/b11-9-/t24-,26+,27-,32+,38-/m1/s1. The number of carbonyl (C=O) groups is 4. The lowest BCUT2D eigenvalue weighted by atomic mass is 10.1. The molecule has 0 bridgehead atoms. The summed E-state index contributed by atoms with van der Waals surface area (Å²) in [4.78, 5) is 62.4. The summed E-state index contributed by atoms with van der Waals surface area (Å²) in [7, 11) is -2.09. The summed E-state index contributed by atoms with van der Waals surface area (Å²) in [5.74, 6) is -1.67. The average molecular weight is 782 g/mol. The maximum Gasteiger partial charge on any atom is 0.274 e. The lowest BCUT2D eigenvalue weighted by Crippen LogP contribution is -2.55. The van der Waals surface area contributed by atoms with Gasteiger partial charge in [-0.1, -0.05) is 37.1 Å². The molecule has 1 aliphatic heterocycles. The Morgan fingerprint density at radius 1 is 1.15 bits per heavy atom. The van der Waals surface area contributed by atoms with E-state index in [1.807, 2.05) is 24.0 Å². The third-order valence-electron chi connectivity index (χ3n) is 10.7. The number of hydrogen-bond donors (Lipinski definition) is 3. The number of nitrogens with one attached hydrogen (secondary N) is 3. The number of ether oxygens (including phenoxy) is 1. The number of hydrogen-bond acceptors (Lipinski definition) is 12. The minimum atomic E-state index is -3.86. The SMILES string of the molecule is CCc1nc2ccc(F)cc2nc1O[C@@H]1C[C@@H](C(=O)N[C@]2(C(=O)NS(=O)(=O)C3CC3)C[C@H]2/C=C\CCCCC[C@@H](C=O)NC(=O)c2noc(C)c2C)N(C)C1. The van der Waals surface area contributed by atoms with Crippen LogP contribution in [-0.2, 0) is 30.8 Å². The Morgan fingerprint density at radius 2 is 1.93 bits per heavy atom. The highest BCUT2D eigenvalue weighted by Crippen LogP contribution is 2.46. The van der Waals surface area contributed by atoms with E-state index in [1.54, 1.807) is 27.0 Å². The number of sulfonamides is 1. The molecule has 3 fully saturated rings. The second kappa shape index (κ2) is 16.5. The number of rotatable bonds is 18. The summed E-state index contributed by atoms with van der Waals surface area (Å²) in [5.41, 5.74) is 0.876. The molecule has 1 saturated heterocycles. The van der Waals surface area contributed by atoms with Crippen LogP contribution in [0.15, 0.2) is 34.9 Å². The number of aryl methyl sites for hydroxylation is 2. The molecule has 3 N–H and O–H groups in total. The largest absolute Gasteiger partial charge is 0.472 e. The predicted molar refractivity (Wildman–Crippen MR) is 199 cm³/mol. The van der Waals surface area contributed by atoms with Gasteiger partial charge in [0.1, 0.15) is 35.2 Å². The topological polar surface area (TPSA) is 203 Å². The van der Waals surface area contributed by atoms with Crippen molar-refractivity contribution < 1.29 is 41.2 Å². The van der Waals surface area contributed by atoms with Crippen LogP contribution in [0.5, 0.6) is 5.88 Å². The van der Waals surface area contributed by atoms with Gasteiger partial charge in [-0.25, -0.2) is 22.8 Å². The number of unbranched alkanes of at least 4 members (excludes halogenated alkanes) is 3. The van der Waals surface area contributed by atoms with Crippen molar-refractivity contribution in [3.05, 3.63) is 58.9 Å². The zero-order valence-corrected chi connectivity index (χ0v) is 32.3. The molecule has 0 spiro atoms. The van der Waals surface area contributed by atoms with Crippen LogP contribution in [0.3, 0.4) is 0 Å². The van der Waals surface area contributed by atoms with E-state index in [2.05, 4.69) is 30.5 Å². The number of nitrogens with zero attached hydrogens (tertiary/aromatic N) is 4. The van der Waals surface area contributed by atoms with Crippen molar-refractivity contribution >= 4 is 45.1 Å². The fraction of sp³-hybridized carbons (Fsp3) is 0.553. The third-order valence-corrected chi connectivity index (χ3v) is 12.5. The van der Waals surface area contributed by atoms with Crippen LogP contribution in [-0.4, -0.2) is 95.0 Å². The van der Waals surface area contributed by atoms with Gasteiger partial charge < -0.3 is 24.7 Å². The Bertz CT molecular complexity index is 2090. The molecule has 55 heavy (non-hydrogen) atoms. The minimum Gasteiger partial charge on any atom is -0.472 e. The molecule has 2 aromatic heterocycles. The molecule has 5 atom stereocenters. The van der Waals surface area contributed by atoms with Crippen LogP contribution in [0.2, 0.25) is 0 Å². The van der Waals surface area contributed by atoms with Crippen molar-refractivity contribution in [3.63, 3.8) is 0 Å². The Balaban J connectivity index is 1.03. The molecule has 15 nitrogen and oxygen atoms in total. The summed E-state index contributed by atoms with van der Waals surface area (Å²) in [6.45, 7) is 5.72. The molecule has 3 aliphatic rings. The van der Waals surface area contributed by atoms with Crippen LogP contribution < -0.4 is 20.1 Å². The molecule has 17 heteroatoms. The van der Waals surface area contributed by atoms with E-state index in [4.69, 9.17) is 9.26 Å². The molecular formula is C38H48FN7O8S. The van der Waals surface area contributed by atoms with E-state index in [0.29, 0.717) is 79.4 Å². The van der Waals surface area contributed by atoms with Crippen molar-refractivity contribution in [2.24, 2.45) is 5.92 Å². The van der Waals surface area contributed by atoms with E-state index >= 15 is 0 Å². The first-order valence-corrected chi connectivity index (χ1v) is 20.4. The number of carbonyl (C=O) groups excluding carboxylic acids is 4. The lowest BCUT2D eigenvalue weighted by Gasteiger charge is -2.23. The van der Waals surface area contributed by atoms with Gasteiger partial charge in [0.25, 0.3) is 11.8 Å². The van der Waals surface area contributed by atoms with Gasteiger partial charge in [-0.2, -0.15) is 0 Å². The van der Waals surface area contributed by atoms with E-state index in [1.165, 1.54) is 12.1 Å². The minimum absolute atomic E-state index is 0.159. The number of fused-ring (bicyclic) bond motifs is 1. The summed E-state index contributed by atoms with van der Waals surface area (Å²) in [5, 5.41) is 8.75. The Morgan fingerprint density at radius 3 is 2.62 bits per heavy atom. The molecule has 0 unspecified atom stereocenters. The summed E-state index contributed by atoms with van der Waals surface area (Å²) in [6.07, 6.45) is 9.40. The smallest absolute Gasteiger partial charge is 0.274 e. The first-order valence-electron chi connectivity index (χ1n) is 18.8. The maximum absolute atomic E-state index is 13.9. The monoisotopic (exact) mass is 781 g/mol. The number of allylic oxidation sites excluding steroid dienone is 1. The second-order valence-corrected chi connectivity index (χ2v) is 16.8. The second-order valence-electron chi connectivity index (χ2n) is 14.8. The predicted octanol–water partition coefficient (Wildman–Crippen LogP) is 3.38. The molecule has 3 heterocycles. The van der Waals surface area contributed by atoms with Crippen LogP contribution in [0.4, 0.5) is 4.39 Å². The Labute approximate surface area is 319 Å². The maximum atomic E-state index is 13.9. The molecule has 2 aliphatic carbocycles. The van der Waals surface area contributed by atoms with Gasteiger partial charge in [-0.15, -0.1) is 0 Å². The van der Waals surface area contributed by atoms with Crippen LogP contribution in [0, 0.1) is 25.6 Å². The highest BCUT2D eigenvalue weighted by atomic mass is 32.2. The zero-order chi connectivity index (χ0) is 39.5. The van der Waals surface area contributed by atoms with E-state index in [-0.39, 0.29) is 24.4 Å². The number of likely N-dealkylation sites (N-methyl/N-ethyl adjacent to an activating group) is 1. The molecule has 6 rings (SSSR count). The molecule has 2 saturated carbocycles.